The maximum absolute atomic E-state index is 13.1. The molecular weight excluding hydrogens is 319 g/mol. The number of hydrogen-bond acceptors (Lipinski definition) is 2. The number of halogens is 4. The molecule has 0 saturated heterocycles. The van der Waals surface area contributed by atoms with Crippen LogP contribution in [0.1, 0.15) is 18.4 Å². The number of carbonyl (C=O) groups is 1. The van der Waals surface area contributed by atoms with Crippen LogP contribution in [0.25, 0.3) is 5.57 Å². The minimum Gasteiger partial charge on any atom is -0.396 e. The highest BCUT2D eigenvalue weighted by atomic mass is 35.5. The van der Waals surface area contributed by atoms with Crippen molar-refractivity contribution in [2.45, 2.75) is 19.0 Å². The fourth-order valence-electron chi connectivity index (χ4n) is 1.98. The molecule has 1 fully saturated rings. The predicted octanol–water partition coefficient (Wildman–Crippen LogP) is 3.17. The van der Waals surface area contributed by atoms with Crippen molar-refractivity contribution in [3.8, 4) is 0 Å². The second-order valence-corrected chi connectivity index (χ2v) is 5.88. The van der Waals surface area contributed by atoms with Crippen molar-refractivity contribution < 1.29 is 23.1 Å². The molecule has 1 saturated carbocycles. The van der Waals surface area contributed by atoms with Crippen molar-refractivity contribution in [2.24, 2.45) is 5.41 Å². The molecule has 0 atom stereocenters. The van der Waals surface area contributed by atoms with E-state index in [1.807, 2.05) is 0 Å². The molecule has 2 rings (SSSR count). The third kappa shape index (κ3) is 4.24. The van der Waals surface area contributed by atoms with Gasteiger partial charge in [0.15, 0.2) is 0 Å². The normalized spacial score (nSPS) is 17.2. The molecular formula is C15H15ClF3NO2. The Morgan fingerprint density at radius 2 is 1.91 bits per heavy atom. The Balaban J connectivity index is 2.14. The molecule has 0 radical (unpaired) electrons. The summed E-state index contributed by atoms with van der Waals surface area (Å²) < 4.78 is 39.3. The highest BCUT2D eigenvalue weighted by Crippen LogP contribution is 2.44. The van der Waals surface area contributed by atoms with E-state index in [2.05, 4.69) is 5.32 Å². The van der Waals surface area contributed by atoms with Gasteiger partial charge < -0.3 is 10.4 Å². The third-order valence-electron chi connectivity index (χ3n) is 3.67. The molecule has 0 bridgehead atoms. The zero-order valence-corrected chi connectivity index (χ0v) is 12.3. The number of aliphatic hydroxyl groups excluding tert-OH is 1. The van der Waals surface area contributed by atoms with Crippen LogP contribution in [0.4, 0.5) is 13.2 Å². The molecule has 7 heteroatoms. The summed E-state index contributed by atoms with van der Waals surface area (Å²) in [5, 5.41) is 11.9. The lowest BCUT2D eigenvalue weighted by molar-refractivity contribution is -0.117. The van der Waals surface area contributed by atoms with E-state index in [4.69, 9.17) is 16.7 Å². The van der Waals surface area contributed by atoms with Gasteiger partial charge in [0.25, 0.3) is 0 Å². The van der Waals surface area contributed by atoms with Crippen molar-refractivity contribution in [1.29, 1.82) is 0 Å². The van der Waals surface area contributed by atoms with Gasteiger partial charge in [0.2, 0.25) is 5.91 Å². The van der Waals surface area contributed by atoms with Gasteiger partial charge in [-0.05, 0) is 30.5 Å². The number of allylic oxidation sites excluding steroid dienone is 1. The van der Waals surface area contributed by atoms with Crippen LogP contribution in [-0.2, 0) is 4.79 Å². The van der Waals surface area contributed by atoms with Gasteiger partial charge in [-0.25, -0.2) is 0 Å². The molecule has 22 heavy (non-hydrogen) atoms. The topological polar surface area (TPSA) is 49.3 Å². The molecule has 0 unspecified atom stereocenters. The predicted molar refractivity (Wildman–Crippen MR) is 77.2 cm³/mol. The molecule has 0 aromatic heterocycles. The van der Waals surface area contributed by atoms with E-state index in [1.165, 1.54) is 24.3 Å². The van der Waals surface area contributed by atoms with Crippen LogP contribution < -0.4 is 5.32 Å². The molecule has 0 spiro atoms. The van der Waals surface area contributed by atoms with Gasteiger partial charge in [0.05, 0.1) is 12.2 Å². The first-order chi connectivity index (χ1) is 10.3. The number of nitrogens with one attached hydrogen (secondary N) is 1. The van der Waals surface area contributed by atoms with Crippen LogP contribution in [0, 0.1) is 5.41 Å². The number of carbonyl (C=O) groups excluding carboxylic acids is 1. The van der Waals surface area contributed by atoms with E-state index >= 15 is 0 Å². The van der Waals surface area contributed by atoms with Gasteiger partial charge in [0.1, 0.15) is 0 Å². The molecule has 120 valence electrons. The van der Waals surface area contributed by atoms with Crippen LogP contribution in [0.3, 0.4) is 0 Å². The van der Waals surface area contributed by atoms with E-state index < -0.39 is 17.7 Å². The first-order valence-corrected chi connectivity index (χ1v) is 7.07. The summed E-state index contributed by atoms with van der Waals surface area (Å²) in [6.45, 7) is 0.0882. The summed E-state index contributed by atoms with van der Waals surface area (Å²) in [7, 11) is 0. The third-order valence-corrected chi connectivity index (χ3v) is 3.92. The number of hydrogen-bond donors (Lipinski definition) is 2. The Kier molecular flexibility index (Phi) is 4.82. The van der Waals surface area contributed by atoms with Gasteiger partial charge in [0, 0.05) is 23.1 Å². The summed E-state index contributed by atoms with van der Waals surface area (Å²) in [5.41, 5.74) is -1.52. The maximum atomic E-state index is 13.1. The summed E-state index contributed by atoms with van der Waals surface area (Å²) in [6.07, 6.45) is -2.59. The van der Waals surface area contributed by atoms with E-state index in [-0.39, 0.29) is 24.1 Å². The lowest BCUT2D eigenvalue weighted by Crippen LogP contribution is -2.31. The first kappa shape index (κ1) is 16.8. The number of benzene rings is 1. The standard InChI is InChI=1S/C15H15ClF3NO2/c16-11-3-1-10(2-4-11)12(15(17,18)19)7-13(22)20-8-14(9-21)5-6-14/h1-4,7,21H,5-6,8-9H2,(H,20,22)/b12-7-. The molecule has 1 aliphatic carbocycles. The van der Waals surface area contributed by atoms with Crippen LogP contribution >= 0.6 is 11.6 Å². The number of alkyl halides is 3. The Labute approximate surface area is 130 Å². The van der Waals surface area contributed by atoms with E-state index in [0.717, 1.165) is 12.8 Å². The first-order valence-electron chi connectivity index (χ1n) is 6.69. The van der Waals surface area contributed by atoms with Crippen LogP contribution in [0.2, 0.25) is 5.02 Å². The molecule has 1 aromatic rings. The summed E-state index contributed by atoms with van der Waals surface area (Å²) in [4.78, 5) is 11.7. The van der Waals surface area contributed by atoms with Crippen LogP contribution in [0.15, 0.2) is 30.3 Å². The van der Waals surface area contributed by atoms with Gasteiger partial charge in [-0.2, -0.15) is 13.2 Å². The summed E-state index contributed by atoms with van der Waals surface area (Å²) in [6, 6.07) is 5.09. The summed E-state index contributed by atoms with van der Waals surface area (Å²) in [5.74, 6) is -0.831. The van der Waals surface area contributed by atoms with Crippen molar-refractivity contribution >= 4 is 23.1 Å². The van der Waals surface area contributed by atoms with E-state index in [1.54, 1.807) is 0 Å². The Bertz CT molecular complexity index is 577. The fourth-order valence-corrected chi connectivity index (χ4v) is 2.11. The van der Waals surface area contributed by atoms with Crippen molar-refractivity contribution in [3.63, 3.8) is 0 Å². The molecule has 0 heterocycles. The Morgan fingerprint density at radius 3 is 2.36 bits per heavy atom. The molecule has 1 amide bonds. The van der Waals surface area contributed by atoms with Crippen molar-refractivity contribution in [3.05, 3.63) is 40.9 Å². The maximum Gasteiger partial charge on any atom is 0.417 e. The average molecular weight is 334 g/mol. The number of rotatable bonds is 5. The fraction of sp³-hybridized carbons (Fsp3) is 0.400. The van der Waals surface area contributed by atoms with Gasteiger partial charge in [-0.1, -0.05) is 23.7 Å². The molecule has 3 nitrogen and oxygen atoms in total. The van der Waals surface area contributed by atoms with Gasteiger partial charge >= 0.3 is 6.18 Å². The Hall–Kier alpha value is -1.53. The lowest BCUT2D eigenvalue weighted by Gasteiger charge is -2.14. The molecule has 1 aliphatic rings. The smallest absolute Gasteiger partial charge is 0.396 e. The van der Waals surface area contributed by atoms with E-state index in [9.17, 15) is 18.0 Å². The van der Waals surface area contributed by atoms with Gasteiger partial charge in [-0.3, -0.25) is 4.79 Å². The Morgan fingerprint density at radius 1 is 1.32 bits per heavy atom. The van der Waals surface area contributed by atoms with Crippen molar-refractivity contribution in [1.82, 2.24) is 5.32 Å². The molecule has 1 aromatic carbocycles. The van der Waals surface area contributed by atoms with E-state index in [0.29, 0.717) is 11.1 Å². The highest BCUT2D eigenvalue weighted by molar-refractivity contribution is 6.30. The molecule has 2 N–H and O–H groups in total. The quantitative estimate of drug-likeness (QED) is 0.813. The lowest BCUT2D eigenvalue weighted by atomic mass is 10.0. The second-order valence-electron chi connectivity index (χ2n) is 5.44. The molecule has 0 aliphatic heterocycles. The van der Waals surface area contributed by atoms with Crippen LogP contribution in [0.5, 0.6) is 0 Å². The largest absolute Gasteiger partial charge is 0.417 e. The zero-order chi connectivity index (χ0) is 16.4. The van der Waals surface area contributed by atoms with Crippen molar-refractivity contribution in [2.75, 3.05) is 13.2 Å². The van der Waals surface area contributed by atoms with Gasteiger partial charge in [-0.15, -0.1) is 0 Å². The van der Waals surface area contributed by atoms with Crippen LogP contribution in [-0.4, -0.2) is 30.3 Å². The zero-order valence-electron chi connectivity index (χ0n) is 11.6. The number of aliphatic hydroxyl groups is 1. The average Bonchev–Trinajstić information content (AvgIpc) is 3.23. The second kappa shape index (κ2) is 6.30. The summed E-state index contributed by atoms with van der Waals surface area (Å²) >= 11 is 5.66. The monoisotopic (exact) mass is 333 g/mol. The minimum absolute atomic E-state index is 0.0830. The SMILES string of the molecule is O=C(/C=C(/c1ccc(Cl)cc1)C(F)(F)F)NCC1(CO)CC1. The number of amides is 1. The highest BCUT2D eigenvalue weighted by Gasteiger charge is 2.42. The minimum atomic E-state index is -4.65.